The highest BCUT2D eigenvalue weighted by atomic mass is 35.5. The monoisotopic (exact) mass is 231 g/mol. The summed E-state index contributed by atoms with van der Waals surface area (Å²) in [6.07, 6.45) is 0. The molecule has 0 aliphatic carbocycles. The van der Waals surface area contributed by atoms with Crippen molar-refractivity contribution in [1.29, 1.82) is 0 Å². The van der Waals surface area contributed by atoms with Gasteiger partial charge in [0.2, 0.25) is 0 Å². The number of aromatic nitrogens is 2. The van der Waals surface area contributed by atoms with Crippen LogP contribution in [-0.2, 0) is 11.8 Å². The van der Waals surface area contributed by atoms with Crippen molar-refractivity contribution in [3.63, 3.8) is 0 Å². The molecule has 0 aliphatic heterocycles. The topological polar surface area (TPSA) is 84.2 Å². The van der Waals surface area contributed by atoms with Crippen LogP contribution in [0, 0.1) is 6.92 Å². The van der Waals surface area contributed by atoms with Crippen molar-refractivity contribution in [1.82, 2.24) is 15.1 Å². The molecule has 0 saturated carbocycles. The zero-order valence-electron chi connectivity index (χ0n) is 8.24. The van der Waals surface area contributed by atoms with E-state index < -0.39 is 18.4 Å². The van der Waals surface area contributed by atoms with Gasteiger partial charge in [-0.2, -0.15) is 5.10 Å². The second-order valence-corrected chi connectivity index (χ2v) is 3.31. The molecule has 7 heteroatoms. The molecule has 1 aromatic rings. The van der Waals surface area contributed by atoms with Gasteiger partial charge >= 0.3 is 5.97 Å². The van der Waals surface area contributed by atoms with Crippen molar-refractivity contribution < 1.29 is 14.7 Å². The molecule has 1 rings (SSSR count). The fraction of sp³-hybridized carbons (Fsp3) is 0.375. The van der Waals surface area contributed by atoms with Crippen LogP contribution in [0.3, 0.4) is 0 Å². The molecule has 82 valence electrons. The quantitative estimate of drug-likeness (QED) is 0.778. The summed E-state index contributed by atoms with van der Waals surface area (Å²) in [6.45, 7) is 1.19. The number of carbonyl (C=O) groups is 2. The highest BCUT2D eigenvalue weighted by molar-refractivity contribution is 6.33. The lowest BCUT2D eigenvalue weighted by Gasteiger charge is -2.01. The van der Waals surface area contributed by atoms with E-state index in [9.17, 15) is 9.59 Å². The molecule has 0 radical (unpaired) electrons. The van der Waals surface area contributed by atoms with Gasteiger partial charge in [0.25, 0.3) is 5.91 Å². The Balaban J connectivity index is 2.86. The van der Waals surface area contributed by atoms with Gasteiger partial charge in [0.05, 0.1) is 11.3 Å². The maximum atomic E-state index is 11.5. The summed E-state index contributed by atoms with van der Waals surface area (Å²) in [6, 6.07) is 0. The van der Waals surface area contributed by atoms with Crippen LogP contribution in [0.15, 0.2) is 0 Å². The van der Waals surface area contributed by atoms with Gasteiger partial charge in [-0.25, -0.2) is 0 Å². The van der Waals surface area contributed by atoms with Gasteiger partial charge in [0, 0.05) is 7.05 Å². The van der Waals surface area contributed by atoms with E-state index in [4.69, 9.17) is 16.7 Å². The highest BCUT2D eigenvalue weighted by Gasteiger charge is 2.18. The lowest BCUT2D eigenvalue weighted by Crippen LogP contribution is -2.29. The Labute approximate surface area is 90.8 Å². The number of hydrogen-bond acceptors (Lipinski definition) is 3. The van der Waals surface area contributed by atoms with Crippen LogP contribution >= 0.6 is 11.6 Å². The van der Waals surface area contributed by atoms with E-state index in [2.05, 4.69) is 10.4 Å². The van der Waals surface area contributed by atoms with Gasteiger partial charge in [-0.3, -0.25) is 14.3 Å². The number of halogens is 1. The standard InChI is InChI=1S/C8H10ClN3O3/c1-4-6(7(9)12(2)11-4)8(15)10-3-5(13)14/h3H2,1-2H3,(H,10,15)(H,13,14). The fourth-order valence-electron chi connectivity index (χ4n) is 1.13. The van der Waals surface area contributed by atoms with E-state index in [0.29, 0.717) is 5.69 Å². The van der Waals surface area contributed by atoms with Gasteiger partial charge in [-0.1, -0.05) is 11.6 Å². The molecule has 0 spiro atoms. The molecule has 0 aromatic carbocycles. The number of hydrogen-bond donors (Lipinski definition) is 2. The molecule has 2 N–H and O–H groups in total. The third-order valence-electron chi connectivity index (χ3n) is 1.78. The number of amides is 1. The summed E-state index contributed by atoms with van der Waals surface area (Å²) in [5.74, 6) is -1.64. The lowest BCUT2D eigenvalue weighted by atomic mass is 10.2. The molecule has 1 aromatic heterocycles. The second kappa shape index (κ2) is 4.31. The largest absolute Gasteiger partial charge is 0.480 e. The van der Waals surface area contributed by atoms with E-state index in [1.54, 1.807) is 14.0 Å². The van der Waals surface area contributed by atoms with Crippen LogP contribution in [0.5, 0.6) is 0 Å². The summed E-state index contributed by atoms with van der Waals surface area (Å²) in [5.41, 5.74) is 0.672. The first-order chi connectivity index (χ1) is 6.93. The second-order valence-electron chi connectivity index (χ2n) is 2.95. The first-order valence-corrected chi connectivity index (χ1v) is 4.50. The molecule has 1 amide bonds. The number of rotatable bonds is 3. The number of nitrogens with one attached hydrogen (secondary N) is 1. The van der Waals surface area contributed by atoms with Crippen molar-refractivity contribution >= 4 is 23.5 Å². The fourth-order valence-corrected chi connectivity index (χ4v) is 1.39. The van der Waals surface area contributed by atoms with Crippen LogP contribution in [0.4, 0.5) is 0 Å². The Morgan fingerprint density at radius 1 is 1.60 bits per heavy atom. The van der Waals surface area contributed by atoms with E-state index >= 15 is 0 Å². The van der Waals surface area contributed by atoms with Gasteiger partial charge in [-0.05, 0) is 6.92 Å². The van der Waals surface area contributed by atoms with Crippen molar-refractivity contribution in [3.8, 4) is 0 Å². The molecule has 0 aliphatic rings. The number of aryl methyl sites for hydroxylation is 2. The number of aliphatic carboxylic acids is 1. The minimum Gasteiger partial charge on any atom is -0.480 e. The number of carboxylic acids is 1. The van der Waals surface area contributed by atoms with Gasteiger partial charge in [0.1, 0.15) is 11.7 Å². The predicted molar refractivity (Wildman–Crippen MR) is 52.9 cm³/mol. The van der Waals surface area contributed by atoms with Crippen LogP contribution in [0.2, 0.25) is 5.15 Å². The molecule has 6 nitrogen and oxygen atoms in total. The van der Waals surface area contributed by atoms with E-state index in [-0.39, 0.29) is 10.7 Å². The molecule has 0 unspecified atom stereocenters. The zero-order valence-corrected chi connectivity index (χ0v) is 9.00. The smallest absolute Gasteiger partial charge is 0.322 e. The normalized spacial score (nSPS) is 10.1. The molecular weight excluding hydrogens is 222 g/mol. The van der Waals surface area contributed by atoms with Crippen LogP contribution in [0.25, 0.3) is 0 Å². The summed E-state index contributed by atoms with van der Waals surface area (Å²) >= 11 is 5.82. The highest BCUT2D eigenvalue weighted by Crippen LogP contribution is 2.17. The lowest BCUT2D eigenvalue weighted by molar-refractivity contribution is -0.135. The average molecular weight is 232 g/mol. The Morgan fingerprint density at radius 2 is 2.20 bits per heavy atom. The van der Waals surface area contributed by atoms with E-state index in [0.717, 1.165) is 0 Å². The third-order valence-corrected chi connectivity index (χ3v) is 2.21. The molecule has 0 fully saturated rings. The Hall–Kier alpha value is -1.56. The zero-order chi connectivity index (χ0) is 11.6. The van der Waals surface area contributed by atoms with Crippen LogP contribution in [0.1, 0.15) is 16.1 Å². The van der Waals surface area contributed by atoms with Gasteiger partial charge < -0.3 is 10.4 Å². The minimum absolute atomic E-state index is 0.190. The van der Waals surface area contributed by atoms with Crippen molar-refractivity contribution in [2.75, 3.05) is 6.54 Å². The molecular formula is C8H10ClN3O3. The summed E-state index contributed by atoms with van der Waals surface area (Å²) in [4.78, 5) is 21.7. The molecule has 15 heavy (non-hydrogen) atoms. The number of carbonyl (C=O) groups excluding carboxylic acids is 1. The average Bonchev–Trinajstić information content (AvgIpc) is 2.37. The Morgan fingerprint density at radius 3 is 2.60 bits per heavy atom. The van der Waals surface area contributed by atoms with E-state index in [1.807, 2.05) is 0 Å². The van der Waals surface area contributed by atoms with Gasteiger partial charge in [0.15, 0.2) is 0 Å². The van der Waals surface area contributed by atoms with Crippen LogP contribution < -0.4 is 5.32 Å². The maximum Gasteiger partial charge on any atom is 0.322 e. The molecule has 1 heterocycles. The molecule has 0 bridgehead atoms. The van der Waals surface area contributed by atoms with Crippen molar-refractivity contribution in [2.45, 2.75) is 6.92 Å². The number of nitrogens with zero attached hydrogens (tertiary/aromatic N) is 2. The summed E-state index contributed by atoms with van der Waals surface area (Å²) in [5, 5.41) is 14.7. The summed E-state index contributed by atoms with van der Waals surface area (Å²) in [7, 11) is 1.60. The van der Waals surface area contributed by atoms with Crippen molar-refractivity contribution in [3.05, 3.63) is 16.4 Å². The summed E-state index contributed by atoms with van der Waals surface area (Å²) < 4.78 is 1.35. The predicted octanol–water partition coefficient (Wildman–Crippen LogP) is 0.196. The van der Waals surface area contributed by atoms with Gasteiger partial charge in [-0.15, -0.1) is 0 Å². The minimum atomic E-state index is -1.11. The van der Waals surface area contributed by atoms with Crippen molar-refractivity contribution in [2.24, 2.45) is 7.05 Å². The van der Waals surface area contributed by atoms with Crippen LogP contribution in [-0.4, -0.2) is 33.3 Å². The number of carboxylic acid groups (broad SMARTS) is 1. The SMILES string of the molecule is Cc1nn(C)c(Cl)c1C(=O)NCC(=O)O. The first-order valence-electron chi connectivity index (χ1n) is 4.12. The molecule has 0 saturated heterocycles. The molecule has 0 atom stereocenters. The Bertz CT molecular complexity index is 414. The first kappa shape index (κ1) is 11.5. The maximum absolute atomic E-state index is 11.5. The van der Waals surface area contributed by atoms with E-state index in [1.165, 1.54) is 4.68 Å². The Kier molecular flexibility index (Phi) is 3.31. The third kappa shape index (κ3) is 2.47.